The van der Waals surface area contributed by atoms with Gasteiger partial charge in [0.15, 0.2) is 0 Å². The van der Waals surface area contributed by atoms with Crippen molar-refractivity contribution in [3.8, 4) is 0 Å². The van der Waals surface area contributed by atoms with Crippen molar-refractivity contribution in [1.82, 2.24) is 44.7 Å². The lowest BCUT2D eigenvalue weighted by Crippen LogP contribution is -2.24. The van der Waals surface area contributed by atoms with Gasteiger partial charge >= 0.3 is 0 Å². The highest BCUT2D eigenvalue weighted by molar-refractivity contribution is 7.98. The monoisotopic (exact) mass is 1260 g/mol. The minimum absolute atomic E-state index is 0.0338. The van der Waals surface area contributed by atoms with E-state index in [1.54, 1.807) is 19.1 Å². The van der Waals surface area contributed by atoms with Crippen molar-refractivity contribution in [2.24, 2.45) is 0 Å². The van der Waals surface area contributed by atoms with Crippen LogP contribution in [0.4, 0.5) is 0 Å². The van der Waals surface area contributed by atoms with Crippen LogP contribution in [0.25, 0.3) is 18.2 Å². The highest BCUT2D eigenvalue weighted by Gasteiger charge is 2.25. The fourth-order valence-corrected chi connectivity index (χ4v) is 15.1. The maximum atomic E-state index is 12.6. The summed E-state index contributed by atoms with van der Waals surface area (Å²) in [4.78, 5) is 24.9. The predicted molar refractivity (Wildman–Crippen MR) is 363 cm³/mol. The third-order valence-corrected chi connectivity index (χ3v) is 20.0. The maximum Gasteiger partial charge on any atom is 0.244 e. The van der Waals surface area contributed by atoms with Crippen molar-refractivity contribution >= 4 is 74.4 Å². The van der Waals surface area contributed by atoms with Gasteiger partial charge in [-0.25, -0.2) is 13.1 Å². The first-order valence-corrected chi connectivity index (χ1v) is 35.4. The zero-order chi connectivity index (χ0) is 62.0. The fraction of sp³-hybridized carbons (Fsp3) is 0.254. The number of rotatable bonds is 19. The van der Waals surface area contributed by atoms with E-state index < -0.39 is 20.8 Å². The summed E-state index contributed by atoms with van der Waals surface area (Å²) in [7, 11) is -4.63. The van der Waals surface area contributed by atoms with Crippen LogP contribution in [0.1, 0.15) is 123 Å². The molecule has 0 fully saturated rings. The second-order valence-electron chi connectivity index (χ2n) is 22.1. The van der Waals surface area contributed by atoms with Crippen molar-refractivity contribution in [1.29, 1.82) is 0 Å². The number of hydrogen-bond donors (Lipinski definition) is 3. The molecule has 0 saturated carbocycles. The number of carbonyl (C=O) groups excluding carboxylic acids is 2. The number of amides is 2. The highest BCUT2D eigenvalue weighted by Crippen LogP contribution is 2.31. The molecule has 0 spiro atoms. The minimum atomic E-state index is -3.67. The van der Waals surface area contributed by atoms with E-state index in [0.717, 1.165) is 99.2 Å². The highest BCUT2D eigenvalue weighted by atomic mass is 32.2. The molecule has 3 aliphatic rings. The van der Waals surface area contributed by atoms with Crippen LogP contribution in [0, 0.1) is 0 Å². The Hall–Kier alpha value is -8.13. The number of aromatic nitrogens is 6. The van der Waals surface area contributed by atoms with Gasteiger partial charge in [0.2, 0.25) is 21.8 Å². The molecule has 89 heavy (non-hydrogen) atoms. The SMILES string of the molecule is C[C@@H](NC(=O)/C=C/c1nn(Cc2ccccc2)c2c1CSCC2)c1ccccc1.C[C@H](NC(=O)/C=C/c1nn(Cc2ccccc2)c2c1CSCC2)c1ccccc1.C[C@H](NS(=O)(=O)/C=C/c1nn(Cc2ccccc2)c2c1CS(=O)CC2)c1ccccc1. The van der Waals surface area contributed by atoms with E-state index in [1.807, 2.05) is 188 Å². The summed E-state index contributed by atoms with van der Waals surface area (Å²) in [6.07, 6.45) is 11.2. The average molecular weight is 1260 g/mol. The summed E-state index contributed by atoms with van der Waals surface area (Å²) >= 11 is 3.85. The Morgan fingerprint density at radius 2 is 0.843 bits per heavy atom. The number of fused-ring (bicyclic) bond motifs is 3. The Kier molecular flexibility index (Phi) is 22.5. The second-order valence-corrected chi connectivity index (χ2v) is 27.4. The summed E-state index contributed by atoms with van der Waals surface area (Å²) in [5, 5.41) is 21.5. The van der Waals surface area contributed by atoms with Gasteiger partial charge in [-0.3, -0.25) is 27.8 Å². The molecule has 458 valence electrons. The maximum absolute atomic E-state index is 12.6. The van der Waals surface area contributed by atoms with Crippen molar-refractivity contribution in [3.05, 3.63) is 284 Å². The van der Waals surface area contributed by atoms with Gasteiger partial charge in [-0.05, 0) is 96.7 Å². The number of nitrogens with one attached hydrogen (secondary N) is 3. The summed E-state index contributed by atoms with van der Waals surface area (Å²) in [6.45, 7) is 7.92. The Morgan fingerprint density at radius 1 is 0.494 bits per heavy atom. The van der Waals surface area contributed by atoms with Crippen LogP contribution in [0.5, 0.6) is 0 Å². The Morgan fingerprint density at radius 3 is 1.24 bits per heavy atom. The predicted octanol–water partition coefficient (Wildman–Crippen LogP) is 12.6. The molecule has 4 atom stereocenters. The van der Waals surface area contributed by atoms with E-state index in [4.69, 9.17) is 10.2 Å². The molecule has 12 rings (SSSR count). The molecule has 0 saturated heterocycles. The van der Waals surface area contributed by atoms with Crippen molar-refractivity contribution in [2.45, 2.75) is 95.1 Å². The molecular formula is C71H75N9O5S4. The van der Waals surface area contributed by atoms with Gasteiger partial charge in [-0.1, -0.05) is 182 Å². The van der Waals surface area contributed by atoms with Crippen LogP contribution in [-0.4, -0.2) is 71.0 Å². The van der Waals surface area contributed by atoms with E-state index in [1.165, 1.54) is 39.7 Å². The number of sulfonamides is 1. The first kappa shape index (κ1) is 63.9. The molecule has 0 radical (unpaired) electrons. The lowest BCUT2D eigenvalue weighted by molar-refractivity contribution is -0.117. The largest absolute Gasteiger partial charge is 0.346 e. The van der Waals surface area contributed by atoms with Gasteiger partial charge in [0, 0.05) is 91.9 Å². The molecule has 14 nitrogen and oxygen atoms in total. The average Bonchev–Trinajstić information content (AvgIpc) is 1.97. The number of benzene rings is 6. The normalized spacial score (nSPS) is 15.6. The summed E-state index contributed by atoms with van der Waals surface area (Å²) in [5.41, 5.74) is 16.1. The molecule has 1 unspecified atom stereocenters. The lowest BCUT2D eigenvalue weighted by Gasteiger charge is -2.14. The molecule has 9 aromatic rings. The summed E-state index contributed by atoms with van der Waals surface area (Å²) in [5.74, 6) is 4.94. The van der Waals surface area contributed by atoms with Crippen LogP contribution >= 0.6 is 23.5 Å². The molecule has 18 heteroatoms. The van der Waals surface area contributed by atoms with E-state index in [2.05, 4.69) is 78.3 Å². The third-order valence-electron chi connectivity index (χ3n) is 15.6. The van der Waals surface area contributed by atoms with Crippen molar-refractivity contribution in [3.63, 3.8) is 0 Å². The van der Waals surface area contributed by atoms with Crippen molar-refractivity contribution in [2.75, 3.05) is 17.3 Å². The van der Waals surface area contributed by atoms with E-state index in [-0.39, 0.29) is 29.9 Å². The zero-order valence-corrected chi connectivity index (χ0v) is 53.6. The van der Waals surface area contributed by atoms with Gasteiger partial charge in [0.1, 0.15) is 0 Å². The summed E-state index contributed by atoms with van der Waals surface area (Å²) in [6, 6.07) is 59.7. The van der Waals surface area contributed by atoms with E-state index in [0.29, 0.717) is 30.2 Å². The van der Waals surface area contributed by atoms with Crippen LogP contribution in [0.15, 0.2) is 200 Å². The Bertz CT molecular complexity index is 3860. The molecule has 6 aromatic carbocycles. The topological polar surface area (TPSA) is 175 Å². The Balaban J connectivity index is 0.000000147. The molecule has 3 aliphatic heterocycles. The number of hydrogen-bond acceptors (Lipinski definition) is 10. The lowest BCUT2D eigenvalue weighted by atomic mass is 10.1. The van der Waals surface area contributed by atoms with Gasteiger partial charge in [-0.15, -0.1) is 0 Å². The van der Waals surface area contributed by atoms with Crippen LogP contribution in [0.2, 0.25) is 0 Å². The molecule has 0 aliphatic carbocycles. The quantitative estimate of drug-likeness (QED) is 0.0661. The second kappa shape index (κ2) is 31.4. The van der Waals surface area contributed by atoms with Gasteiger partial charge in [0.25, 0.3) is 0 Å². The van der Waals surface area contributed by atoms with Crippen molar-refractivity contribution < 1.29 is 22.2 Å². The molecule has 3 aromatic heterocycles. The Labute approximate surface area is 533 Å². The van der Waals surface area contributed by atoms with Crippen LogP contribution in [-0.2, 0) is 86.6 Å². The number of carbonyl (C=O) groups is 2. The minimum Gasteiger partial charge on any atom is -0.346 e. The third kappa shape index (κ3) is 18.0. The first-order chi connectivity index (χ1) is 43.3. The standard InChI is InChI=1S/2C24H25N3OS.C23H25N3O3S2/c2*1-18(20-10-6-3-7-11-20)25-24(28)13-12-22-21-17-29-15-14-23(21)27(26-22)16-19-8-4-2-5-9-19;1-18(20-10-6-3-7-11-20)25-31(28,29)15-13-22-21-17-30(27)14-12-23(21)26(24-22)16-19-8-4-2-5-9-19/h2*2-13,18H,14-17H2,1H3,(H,25,28);2-11,13,15,18,25H,12,14,16-17H2,1H3/b2*13-12+;15-13+/t2*18-;18-,30?/m100/s1. The van der Waals surface area contributed by atoms with Gasteiger partial charge in [-0.2, -0.15) is 38.8 Å². The number of nitrogens with zero attached hydrogens (tertiary/aromatic N) is 6. The van der Waals surface area contributed by atoms with Crippen LogP contribution < -0.4 is 15.4 Å². The van der Waals surface area contributed by atoms with E-state index in [9.17, 15) is 22.2 Å². The zero-order valence-electron chi connectivity index (χ0n) is 50.4. The van der Waals surface area contributed by atoms with Gasteiger partial charge in [0.05, 0.1) is 54.6 Å². The molecule has 3 N–H and O–H groups in total. The molecule has 0 bridgehead atoms. The molecule has 2 amide bonds. The number of thioether (sulfide) groups is 2. The van der Waals surface area contributed by atoms with Gasteiger partial charge < -0.3 is 10.6 Å². The van der Waals surface area contributed by atoms with Crippen LogP contribution in [0.3, 0.4) is 0 Å². The fourth-order valence-electron chi connectivity index (χ4n) is 10.9. The van der Waals surface area contributed by atoms with E-state index >= 15 is 0 Å². The summed E-state index contributed by atoms with van der Waals surface area (Å²) < 4.78 is 46.2. The molecule has 6 heterocycles. The first-order valence-electron chi connectivity index (χ1n) is 30.0. The molecular weight excluding hydrogens is 1190 g/mol. The smallest absolute Gasteiger partial charge is 0.244 e.